The first kappa shape index (κ1) is 20.1. The minimum Gasteiger partial charge on any atom is -0.496 e. The fourth-order valence-corrected chi connectivity index (χ4v) is 3.54. The molecule has 0 aliphatic carbocycles. The molecule has 1 aliphatic rings. The molecule has 5 nitrogen and oxygen atoms in total. The molecule has 6 heteroatoms. The van der Waals surface area contributed by atoms with Crippen molar-refractivity contribution in [3.05, 3.63) is 59.4 Å². The summed E-state index contributed by atoms with van der Waals surface area (Å²) in [4.78, 5) is 14.5. The molecule has 2 aromatic carbocycles. The van der Waals surface area contributed by atoms with Crippen LogP contribution in [0.1, 0.15) is 24.0 Å². The second-order valence-corrected chi connectivity index (χ2v) is 6.99. The number of rotatable bonds is 7. The SMILES string of the molecule is COc1ccc(CNC2CCN(C(=O)Cc3ccccc3OC)CC2)cc1F. The fraction of sp³-hybridized carbons (Fsp3) is 0.409. The molecule has 0 radical (unpaired) electrons. The van der Waals surface area contributed by atoms with Gasteiger partial charge in [-0.1, -0.05) is 24.3 Å². The van der Waals surface area contributed by atoms with Gasteiger partial charge in [-0.05, 0) is 36.6 Å². The van der Waals surface area contributed by atoms with E-state index in [4.69, 9.17) is 9.47 Å². The Morgan fingerprint density at radius 2 is 1.82 bits per heavy atom. The first-order chi connectivity index (χ1) is 13.6. The quantitative estimate of drug-likeness (QED) is 0.794. The molecule has 1 amide bonds. The zero-order valence-electron chi connectivity index (χ0n) is 16.4. The number of hydrogen-bond acceptors (Lipinski definition) is 4. The Morgan fingerprint density at radius 3 is 2.50 bits per heavy atom. The fourth-order valence-electron chi connectivity index (χ4n) is 3.54. The summed E-state index contributed by atoms with van der Waals surface area (Å²) >= 11 is 0. The van der Waals surface area contributed by atoms with Gasteiger partial charge in [-0.15, -0.1) is 0 Å². The predicted molar refractivity (Wildman–Crippen MR) is 106 cm³/mol. The van der Waals surface area contributed by atoms with Crippen molar-refractivity contribution >= 4 is 5.91 Å². The third-order valence-corrected chi connectivity index (χ3v) is 5.19. The number of ether oxygens (including phenoxy) is 2. The van der Waals surface area contributed by atoms with E-state index in [0.29, 0.717) is 19.0 Å². The third-order valence-electron chi connectivity index (χ3n) is 5.19. The first-order valence-corrected chi connectivity index (χ1v) is 9.56. The molecule has 0 unspecified atom stereocenters. The lowest BCUT2D eigenvalue weighted by Crippen LogP contribution is -2.45. The number of likely N-dealkylation sites (tertiary alicyclic amines) is 1. The van der Waals surface area contributed by atoms with Gasteiger partial charge in [0.25, 0.3) is 0 Å². The van der Waals surface area contributed by atoms with Crippen molar-refractivity contribution in [2.45, 2.75) is 31.8 Å². The highest BCUT2D eigenvalue weighted by molar-refractivity contribution is 5.79. The standard InChI is InChI=1S/C22H27FN2O3/c1-27-20-6-4-3-5-17(20)14-22(26)25-11-9-18(10-12-25)24-15-16-7-8-21(28-2)19(23)13-16/h3-8,13,18,24H,9-12,14-15H2,1-2H3. The maximum absolute atomic E-state index is 13.8. The van der Waals surface area contributed by atoms with Crippen molar-refractivity contribution in [3.8, 4) is 11.5 Å². The van der Waals surface area contributed by atoms with Gasteiger partial charge in [-0.2, -0.15) is 0 Å². The van der Waals surface area contributed by atoms with E-state index in [0.717, 1.165) is 42.8 Å². The molecule has 150 valence electrons. The van der Waals surface area contributed by atoms with Crippen LogP contribution in [-0.4, -0.2) is 44.2 Å². The molecule has 0 bridgehead atoms. The van der Waals surface area contributed by atoms with E-state index in [9.17, 15) is 9.18 Å². The van der Waals surface area contributed by atoms with Crippen LogP contribution in [0.5, 0.6) is 11.5 Å². The van der Waals surface area contributed by atoms with Crippen LogP contribution in [0.25, 0.3) is 0 Å². The van der Waals surface area contributed by atoms with E-state index in [1.165, 1.54) is 13.2 Å². The first-order valence-electron chi connectivity index (χ1n) is 9.56. The molecule has 0 spiro atoms. The van der Waals surface area contributed by atoms with Crippen molar-refractivity contribution in [2.24, 2.45) is 0 Å². The van der Waals surface area contributed by atoms with Crippen LogP contribution in [0.15, 0.2) is 42.5 Å². The van der Waals surface area contributed by atoms with Gasteiger partial charge in [0.05, 0.1) is 20.6 Å². The maximum atomic E-state index is 13.8. The summed E-state index contributed by atoms with van der Waals surface area (Å²) in [5.41, 5.74) is 1.80. The largest absolute Gasteiger partial charge is 0.496 e. The lowest BCUT2D eigenvalue weighted by atomic mass is 10.0. The van der Waals surface area contributed by atoms with Crippen molar-refractivity contribution in [3.63, 3.8) is 0 Å². The molecule has 1 heterocycles. The van der Waals surface area contributed by atoms with Gasteiger partial charge < -0.3 is 19.7 Å². The van der Waals surface area contributed by atoms with E-state index >= 15 is 0 Å². The number of piperidine rings is 1. The Hall–Kier alpha value is -2.60. The number of hydrogen-bond donors (Lipinski definition) is 1. The molecule has 0 aromatic heterocycles. The molecule has 1 saturated heterocycles. The highest BCUT2D eigenvalue weighted by Crippen LogP contribution is 2.21. The van der Waals surface area contributed by atoms with Gasteiger partial charge in [0.2, 0.25) is 5.91 Å². The summed E-state index contributed by atoms with van der Waals surface area (Å²) in [6.07, 6.45) is 2.12. The van der Waals surface area contributed by atoms with Crippen LogP contribution in [0.3, 0.4) is 0 Å². The zero-order chi connectivity index (χ0) is 19.9. The Labute approximate surface area is 165 Å². The number of carbonyl (C=O) groups excluding carboxylic acids is 1. The average Bonchev–Trinajstić information content (AvgIpc) is 2.73. The summed E-state index contributed by atoms with van der Waals surface area (Å²) in [5.74, 6) is 0.781. The summed E-state index contributed by atoms with van der Waals surface area (Å²) in [7, 11) is 3.08. The average molecular weight is 386 g/mol. The lowest BCUT2D eigenvalue weighted by Gasteiger charge is -2.32. The van der Waals surface area contributed by atoms with Gasteiger partial charge in [-0.25, -0.2) is 4.39 Å². The number of carbonyl (C=O) groups is 1. The molecule has 1 aliphatic heterocycles. The van der Waals surface area contributed by atoms with Gasteiger partial charge >= 0.3 is 0 Å². The summed E-state index contributed by atoms with van der Waals surface area (Å²) in [5, 5.41) is 3.46. The van der Waals surface area contributed by atoms with Gasteiger partial charge in [-0.3, -0.25) is 4.79 Å². The highest BCUT2D eigenvalue weighted by Gasteiger charge is 2.23. The second kappa shape index (κ2) is 9.55. The molecule has 28 heavy (non-hydrogen) atoms. The van der Waals surface area contributed by atoms with Crippen LogP contribution in [-0.2, 0) is 17.8 Å². The van der Waals surface area contributed by atoms with Gasteiger partial charge in [0.15, 0.2) is 11.6 Å². The third kappa shape index (κ3) is 5.01. The minimum atomic E-state index is -0.349. The summed E-state index contributed by atoms with van der Waals surface area (Å²) < 4.78 is 24.1. The zero-order valence-corrected chi connectivity index (χ0v) is 16.4. The maximum Gasteiger partial charge on any atom is 0.227 e. The van der Waals surface area contributed by atoms with E-state index in [2.05, 4.69) is 5.32 Å². The number of para-hydroxylation sites is 1. The van der Waals surface area contributed by atoms with Crippen molar-refractivity contribution in [1.82, 2.24) is 10.2 Å². The van der Waals surface area contributed by atoms with E-state index in [-0.39, 0.29) is 17.5 Å². The number of amides is 1. The highest BCUT2D eigenvalue weighted by atomic mass is 19.1. The van der Waals surface area contributed by atoms with Crippen LogP contribution in [0.4, 0.5) is 4.39 Å². The minimum absolute atomic E-state index is 0.125. The Morgan fingerprint density at radius 1 is 1.11 bits per heavy atom. The van der Waals surface area contributed by atoms with E-state index in [1.807, 2.05) is 35.2 Å². The predicted octanol–water partition coefficient (Wildman–Crippen LogP) is 3.17. The summed E-state index contributed by atoms with van der Waals surface area (Å²) in [6, 6.07) is 13.0. The number of methoxy groups -OCH3 is 2. The van der Waals surface area contributed by atoms with E-state index in [1.54, 1.807) is 13.2 Å². The molecule has 1 fully saturated rings. The number of benzene rings is 2. The Balaban J connectivity index is 1.46. The van der Waals surface area contributed by atoms with Gasteiger partial charge in [0, 0.05) is 31.2 Å². The molecule has 0 atom stereocenters. The second-order valence-electron chi connectivity index (χ2n) is 6.99. The van der Waals surface area contributed by atoms with Gasteiger partial charge in [0.1, 0.15) is 5.75 Å². The topological polar surface area (TPSA) is 50.8 Å². The van der Waals surface area contributed by atoms with Crippen LogP contribution >= 0.6 is 0 Å². The monoisotopic (exact) mass is 386 g/mol. The number of nitrogens with one attached hydrogen (secondary N) is 1. The molecule has 2 aromatic rings. The van der Waals surface area contributed by atoms with E-state index < -0.39 is 0 Å². The van der Waals surface area contributed by atoms with Crippen LogP contribution in [0, 0.1) is 5.82 Å². The number of nitrogens with zero attached hydrogens (tertiary/aromatic N) is 1. The van der Waals surface area contributed by atoms with Crippen molar-refractivity contribution in [1.29, 1.82) is 0 Å². The normalized spacial score (nSPS) is 14.8. The molecule has 0 saturated carbocycles. The Kier molecular flexibility index (Phi) is 6.87. The summed E-state index contributed by atoms with van der Waals surface area (Å²) in [6.45, 7) is 2.05. The Bertz CT molecular complexity index is 804. The van der Waals surface area contributed by atoms with Crippen molar-refractivity contribution < 1.29 is 18.7 Å². The smallest absolute Gasteiger partial charge is 0.227 e. The molecule has 3 rings (SSSR count). The number of halogens is 1. The molecular formula is C22H27FN2O3. The lowest BCUT2D eigenvalue weighted by molar-refractivity contribution is -0.131. The molecular weight excluding hydrogens is 359 g/mol. The molecule has 1 N–H and O–H groups in total. The van der Waals surface area contributed by atoms with Crippen LogP contribution in [0.2, 0.25) is 0 Å². The van der Waals surface area contributed by atoms with Crippen LogP contribution < -0.4 is 14.8 Å². The van der Waals surface area contributed by atoms with Crippen molar-refractivity contribution in [2.75, 3.05) is 27.3 Å².